The summed E-state index contributed by atoms with van der Waals surface area (Å²) in [5.74, 6) is -0.833. The smallest absolute Gasteiger partial charge is 0.300 e. The summed E-state index contributed by atoms with van der Waals surface area (Å²) in [6.07, 6.45) is 4.97. The first-order chi connectivity index (χ1) is 5.52. The number of aliphatic hydroxyl groups is 1. The molecule has 0 saturated carbocycles. The Hall–Kier alpha value is -0.830. The number of hydrogen-bond donors (Lipinski definition) is 2. The van der Waals surface area contributed by atoms with Crippen LogP contribution < -0.4 is 0 Å². The van der Waals surface area contributed by atoms with Gasteiger partial charge in [-0.15, -0.1) is 0 Å². The van der Waals surface area contributed by atoms with Crippen LogP contribution in [0.4, 0.5) is 0 Å². The molecule has 12 heavy (non-hydrogen) atoms. The van der Waals surface area contributed by atoms with Crippen LogP contribution in [0.5, 0.6) is 0 Å². The summed E-state index contributed by atoms with van der Waals surface area (Å²) in [5, 5.41) is 16.4. The molecule has 0 aliphatic heterocycles. The average Bonchev–Trinajstić information content (AvgIpc) is 1.94. The van der Waals surface area contributed by atoms with Gasteiger partial charge in [0.25, 0.3) is 5.97 Å². The van der Waals surface area contributed by atoms with Crippen molar-refractivity contribution in [1.82, 2.24) is 0 Å². The third-order valence-electron chi connectivity index (χ3n) is 1.61. The fourth-order valence-electron chi connectivity index (χ4n) is 0.951. The summed E-state index contributed by atoms with van der Waals surface area (Å²) in [6, 6.07) is 0. The molecule has 0 heterocycles. The third-order valence-corrected chi connectivity index (χ3v) is 1.61. The van der Waals surface area contributed by atoms with E-state index in [4.69, 9.17) is 15.0 Å². The molecular weight excluding hydrogens is 156 g/mol. The van der Waals surface area contributed by atoms with Crippen molar-refractivity contribution in [2.45, 2.75) is 39.2 Å². The molecule has 1 atom stereocenters. The topological polar surface area (TPSA) is 57.5 Å². The van der Waals surface area contributed by atoms with E-state index in [1.165, 1.54) is 5.57 Å². The van der Waals surface area contributed by atoms with Gasteiger partial charge in [0.15, 0.2) is 0 Å². The Kier molecular flexibility index (Phi) is 5.37. The number of aliphatic carboxylic acids is 1. The normalized spacial score (nSPS) is 21.9. The molecule has 0 aromatic heterocycles. The molecule has 0 aromatic carbocycles. The minimum atomic E-state index is -0.833. The summed E-state index contributed by atoms with van der Waals surface area (Å²) >= 11 is 0. The van der Waals surface area contributed by atoms with Gasteiger partial charge >= 0.3 is 0 Å². The van der Waals surface area contributed by atoms with E-state index >= 15 is 0 Å². The van der Waals surface area contributed by atoms with Crippen molar-refractivity contribution >= 4 is 5.97 Å². The van der Waals surface area contributed by atoms with E-state index < -0.39 is 5.97 Å². The van der Waals surface area contributed by atoms with Crippen LogP contribution in [-0.2, 0) is 4.79 Å². The summed E-state index contributed by atoms with van der Waals surface area (Å²) in [4.78, 5) is 9.00. The van der Waals surface area contributed by atoms with Crippen LogP contribution in [0, 0.1) is 0 Å². The van der Waals surface area contributed by atoms with Crippen molar-refractivity contribution in [3.05, 3.63) is 11.6 Å². The quantitative estimate of drug-likeness (QED) is 0.545. The highest BCUT2D eigenvalue weighted by atomic mass is 16.4. The van der Waals surface area contributed by atoms with Crippen LogP contribution >= 0.6 is 0 Å². The molecule has 0 amide bonds. The van der Waals surface area contributed by atoms with Gasteiger partial charge in [-0.2, -0.15) is 0 Å². The fourth-order valence-corrected chi connectivity index (χ4v) is 0.951. The average molecular weight is 172 g/mol. The SMILES string of the molecule is CC(=O)O.CC1=CCC(O)CC1. The predicted molar refractivity (Wildman–Crippen MR) is 46.9 cm³/mol. The number of carbonyl (C=O) groups is 1. The van der Waals surface area contributed by atoms with Crippen molar-refractivity contribution in [3.8, 4) is 0 Å². The molecule has 2 N–H and O–H groups in total. The van der Waals surface area contributed by atoms with Crippen molar-refractivity contribution in [1.29, 1.82) is 0 Å². The van der Waals surface area contributed by atoms with Crippen molar-refractivity contribution in [2.24, 2.45) is 0 Å². The first-order valence-electron chi connectivity index (χ1n) is 4.05. The maximum atomic E-state index is 9.00. The Balaban J connectivity index is 0.000000261. The zero-order valence-corrected chi connectivity index (χ0v) is 7.58. The molecule has 0 radical (unpaired) electrons. The molecule has 1 aliphatic carbocycles. The number of rotatable bonds is 0. The second-order valence-corrected chi connectivity index (χ2v) is 3.00. The second-order valence-electron chi connectivity index (χ2n) is 3.00. The zero-order valence-electron chi connectivity index (χ0n) is 7.58. The molecule has 70 valence electrons. The molecule has 0 spiro atoms. The van der Waals surface area contributed by atoms with Crippen LogP contribution in [0.15, 0.2) is 11.6 Å². The Labute approximate surface area is 72.7 Å². The molecule has 3 heteroatoms. The predicted octanol–water partition coefficient (Wildman–Crippen LogP) is 1.57. The van der Waals surface area contributed by atoms with E-state index in [0.29, 0.717) is 0 Å². The standard InChI is InChI=1S/C7H12O.C2H4O2/c1-6-2-4-7(8)5-3-6;1-2(3)4/h2,7-8H,3-5H2,1H3;1H3,(H,3,4). The van der Waals surface area contributed by atoms with Crippen LogP contribution in [0.1, 0.15) is 33.1 Å². The molecule has 1 rings (SSSR count). The van der Waals surface area contributed by atoms with Gasteiger partial charge < -0.3 is 10.2 Å². The molecule has 0 fully saturated rings. The Morgan fingerprint density at radius 1 is 1.67 bits per heavy atom. The Morgan fingerprint density at radius 3 is 2.42 bits per heavy atom. The second kappa shape index (κ2) is 5.77. The number of hydrogen-bond acceptors (Lipinski definition) is 2. The Morgan fingerprint density at radius 2 is 2.17 bits per heavy atom. The van der Waals surface area contributed by atoms with Gasteiger partial charge in [0.05, 0.1) is 6.10 Å². The van der Waals surface area contributed by atoms with Crippen LogP contribution in [-0.4, -0.2) is 22.3 Å². The van der Waals surface area contributed by atoms with Gasteiger partial charge in [-0.25, -0.2) is 0 Å². The highest BCUT2D eigenvalue weighted by Gasteiger charge is 2.06. The minimum Gasteiger partial charge on any atom is -0.481 e. The van der Waals surface area contributed by atoms with E-state index in [0.717, 1.165) is 26.2 Å². The van der Waals surface area contributed by atoms with E-state index in [-0.39, 0.29) is 6.10 Å². The van der Waals surface area contributed by atoms with E-state index in [9.17, 15) is 0 Å². The minimum absolute atomic E-state index is 0.0568. The van der Waals surface area contributed by atoms with Gasteiger partial charge in [-0.3, -0.25) is 4.79 Å². The van der Waals surface area contributed by atoms with Crippen molar-refractivity contribution in [2.75, 3.05) is 0 Å². The van der Waals surface area contributed by atoms with E-state index in [2.05, 4.69) is 13.0 Å². The lowest BCUT2D eigenvalue weighted by Gasteiger charge is -2.13. The first kappa shape index (κ1) is 11.2. The molecule has 0 aromatic rings. The number of aliphatic hydroxyl groups excluding tert-OH is 1. The summed E-state index contributed by atoms with van der Waals surface area (Å²) < 4.78 is 0. The van der Waals surface area contributed by atoms with E-state index in [1.54, 1.807) is 0 Å². The maximum Gasteiger partial charge on any atom is 0.300 e. The molecule has 0 saturated heterocycles. The van der Waals surface area contributed by atoms with Crippen LogP contribution in [0.25, 0.3) is 0 Å². The lowest BCUT2D eigenvalue weighted by Crippen LogP contribution is -2.08. The van der Waals surface area contributed by atoms with Gasteiger partial charge in [-0.05, 0) is 26.2 Å². The van der Waals surface area contributed by atoms with Gasteiger partial charge in [0.1, 0.15) is 0 Å². The van der Waals surface area contributed by atoms with Crippen LogP contribution in [0.2, 0.25) is 0 Å². The van der Waals surface area contributed by atoms with Gasteiger partial charge in [0, 0.05) is 6.92 Å². The van der Waals surface area contributed by atoms with Crippen LogP contribution in [0.3, 0.4) is 0 Å². The first-order valence-corrected chi connectivity index (χ1v) is 4.05. The maximum absolute atomic E-state index is 9.00. The van der Waals surface area contributed by atoms with Gasteiger partial charge in [-0.1, -0.05) is 11.6 Å². The molecule has 0 bridgehead atoms. The molecule has 1 aliphatic rings. The number of carboxylic acid groups (broad SMARTS) is 1. The number of carboxylic acids is 1. The highest BCUT2D eigenvalue weighted by Crippen LogP contribution is 2.16. The van der Waals surface area contributed by atoms with Crippen molar-refractivity contribution in [3.63, 3.8) is 0 Å². The zero-order chi connectivity index (χ0) is 9.56. The largest absolute Gasteiger partial charge is 0.481 e. The summed E-state index contributed by atoms with van der Waals surface area (Å²) in [6.45, 7) is 3.20. The monoisotopic (exact) mass is 172 g/mol. The van der Waals surface area contributed by atoms with Gasteiger partial charge in [0.2, 0.25) is 0 Å². The van der Waals surface area contributed by atoms with E-state index in [1.807, 2.05) is 0 Å². The lowest BCUT2D eigenvalue weighted by molar-refractivity contribution is -0.134. The summed E-state index contributed by atoms with van der Waals surface area (Å²) in [7, 11) is 0. The molecule has 1 unspecified atom stereocenters. The Bertz CT molecular complexity index is 169. The van der Waals surface area contributed by atoms with Crippen molar-refractivity contribution < 1.29 is 15.0 Å². The number of allylic oxidation sites excluding steroid dienone is 1. The fraction of sp³-hybridized carbons (Fsp3) is 0.667. The molecule has 3 nitrogen and oxygen atoms in total. The lowest BCUT2D eigenvalue weighted by atomic mass is 9.99. The third kappa shape index (κ3) is 7.28. The summed E-state index contributed by atoms with van der Waals surface area (Å²) in [5.41, 5.74) is 1.43. The molecular formula is C9H16O3. The highest BCUT2D eigenvalue weighted by molar-refractivity contribution is 5.62.